The number of halogens is 1. The van der Waals surface area contributed by atoms with Gasteiger partial charge in [0, 0.05) is 23.4 Å². The Hall–Kier alpha value is -1.33. The van der Waals surface area contributed by atoms with Gasteiger partial charge in [-0.05, 0) is 61.3 Å². The number of rotatable bonds is 4. The molecule has 4 nitrogen and oxygen atoms in total. The number of aliphatic hydroxyl groups is 1. The van der Waals surface area contributed by atoms with Gasteiger partial charge in [-0.2, -0.15) is 0 Å². The zero-order valence-corrected chi connectivity index (χ0v) is 16.1. The van der Waals surface area contributed by atoms with Crippen molar-refractivity contribution in [3.05, 3.63) is 50.5 Å². The largest absolute Gasteiger partial charge is 0.386 e. The lowest BCUT2D eigenvalue weighted by atomic mass is 9.99. The summed E-state index contributed by atoms with van der Waals surface area (Å²) in [6.07, 6.45) is 5.39. The minimum Gasteiger partial charge on any atom is -0.386 e. The molecule has 0 aromatic carbocycles. The monoisotopic (exact) mass is 370 g/mol. The van der Waals surface area contributed by atoms with E-state index < -0.39 is 5.60 Å². The van der Waals surface area contributed by atoms with Gasteiger partial charge in [-0.3, -0.25) is 4.79 Å². The van der Waals surface area contributed by atoms with Crippen molar-refractivity contribution < 1.29 is 5.11 Å². The molecule has 0 saturated heterocycles. The molecule has 1 rings (SSSR count). The van der Waals surface area contributed by atoms with Gasteiger partial charge in [-0.25, -0.2) is 0 Å². The normalized spacial score (nSPS) is 12.6. The molecule has 2 N–H and O–H groups in total. The summed E-state index contributed by atoms with van der Waals surface area (Å²) >= 11 is 3.36. The molecule has 22 heavy (non-hydrogen) atoms. The lowest BCUT2D eigenvalue weighted by Crippen LogP contribution is -2.20. The molecule has 5 heteroatoms. The van der Waals surface area contributed by atoms with Crippen molar-refractivity contribution in [3.8, 4) is 0 Å². The van der Waals surface area contributed by atoms with Crippen LogP contribution in [0, 0.1) is 0 Å². The predicted octanol–water partition coefficient (Wildman–Crippen LogP) is 4.21. The quantitative estimate of drug-likeness (QED) is 0.780. The number of nitrogens with one attached hydrogen (secondary N) is 1. The summed E-state index contributed by atoms with van der Waals surface area (Å²) in [6, 6.07) is 1.74. The van der Waals surface area contributed by atoms with E-state index in [1.165, 1.54) is 4.57 Å². The van der Waals surface area contributed by atoms with Crippen molar-refractivity contribution in [2.75, 3.05) is 5.32 Å². The maximum absolute atomic E-state index is 12.0. The Kier molecular flexibility index (Phi) is 8.41. The SMILES string of the molecule is C/C(=C\C=C(/C)C(C)(C)O)Nc1cc(Br)cn(C)c1=O.CC. The van der Waals surface area contributed by atoms with Crippen molar-refractivity contribution in [1.29, 1.82) is 0 Å². The minimum atomic E-state index is -0.845. The van der Waals surface area contributed by atoms with Crippen LogP contribution in [0.5, 0.6) is 0 Å². The standard InChI is InChI=1S/C15H21BrN2O2.C2H6/c1-10(15(3,4)20)6-7-11(2)17-13-8-12(16)9-18(5)14(13)19;1-2/h6-9,17,20H,1-5H3;1-2H3/b10-6+,11-7+;. The van der Waals surface area contributed by atoms with Gasteiger partial charge in [0.2, 0.25) is 0 Å². The topological polar surface area (TPSA) is 54.3 Å². The van der Waals surface area contributed by atoms with Gasteiger partial charge >= 0.3 is 0 Å². The Balaban J connectivity index is 0.00000211. The van der Waals surface area contributed by atoms with E-state index in [9.17, 15) is 9.90 Å². The number of hydrogen-bond donors (Lipinski definition) is 2. The molecule has 0 unspecified atom stereocenters. The highest BCUT2D eigenvalue weighted by atomic mass is 79.9. The van der Waals surface area contributed by atoms with E-state index in [1.54, 1.807) is 33.2 Å². The molecule has 0 amide bonds. The van der Waals surface area contributed by atoms with Crippen molar-refractivity contribution in [2.45, 2.75) is 47.1 Å². The van der Waals surface area contributed by atoms with E-state index in [1.807, 2.05) is 39.8 Å². The average molecular weight is 371 g/mol. The molecule has 0 aliphatic rings. The second-order valence-electron chi connectivity index (χ2n) is 5.37. The highest BCUT2D eigenvalue weighted by molar-refractivity contribution is 9.10. The number of anilines is 1. The number of hydrogen-bond acceptors (Lipinski definition) is 3. The molecular formula is C17H27BrN2O2. The summed E-state index contributed by atoms with van der Waals surface area (Å²) in [6.45, 7) is 11.2. The van der Waals surface area contributed by atoms with Crippen LogP contribution in [0.25, 0.3) is 0 Å². The van der Waals surface area contributed by atoms with Crippen LogP contribution < -0.4 is 10.9 Å². The highest BCUT2D eigenvalue weighted by Gasteiger charge is 2.13. The average Bonchev–Trinajstić information content (AvgIpc) is 2.42. The third kappa shape index (κ3) is 6.62. The van der Waals surface area contributed by atoms with Gasteiger partial charge < -0.3 is 15.0 Å². The van der Waals surface area contributed by atoms with Gasteiger partial charge in [0.05, 0.1) is 5.60 Å². The molecule has 0 saturated carbocycles. The van der Waals surface area contributed by atoms with Crippen molar-refractivity contribution in [3.63, 3.8) is 0 Å². The summed E-state index contributed by atoms with van der Waals surface area (Å²) < 4.78 is 2.34. The van der Waals surface area contributed by atoms with Crippen LogP contribution >= 0.6 is 15.9 Å². The Bertz CT molecular complexity index is 608. The zero-order valence-electron chi connectivity index (χ0n) is 14.5. The molecule has 0 fully saturated rings. The van der Waals surface area contributed by atoms with Crippen LogP contribution in [-0.2, 0) is 7.05 Å². The first-order valence-electron chi connectivity index (χ1n) is 7.32. The van der Waals surface area contributed by atoms with E-state index in [2.05, 4.69) is 21.2 Å². The van der Waals surface area contributed by atoms with Crippen molar-refractivity contribution in [1.82, 2.24) is 4.57 Å². The Morgan fingerprint density at radius 1 is 1.32 bits per heavy atom. The smallest absolute Gasteiger partial charge is 0.274 e. The maximum atomic E-state index is 12.0. The fourth-order valence-corrected chi connectivity index (χ4v) is 2.00. The summed E-state index contributed by atoms with van der Waals surface area (Å²) in [5.41, 5.74) is 1.24. The van der Waals surface area contributed by atoms with Crippen LogP contribution in [0.1, 0.15) is 41.5 Å². The van der Waals surface area contributed by atoms with E-state index in [0.29, 0.717) is 5.69 Å². The molecule has 0 aliphatic carbocycles. The van der Waals surface area contributed by atoms with E-state index in [4.69, 9.17) is 0 Å². The fraction of sp³-hybridized carbons (Fsp3) is 0.471. The van der Waals surface area contributed by atoms with Crippen LogP contribution in [0.3, 0.4) is 0 Å². The first kappa shape index (κ1) is 20.7. The third-order valence-electron chi connectivity index (χ3n) is 3.03. The molecular weight excluding hydrogens is 344 g/mol. The lowest BCUT2D eigenvalue weighted by molar-refractivity contribution is 0.120. The molecule has 124 valence electrons. The van der Waals surface area contributed by atoms with E-state index in [-0.39, 0.29) is 5.56 Å². The van der Waals surface area contributed by atoms with E-state index >= 15 is 0 Å². The number of aryl methyl sites for hydroxylation is 1. The van der Waals surface area contributed by atoms with Crippen LogP contribution in [0.15, 0.2) is 45.0 Å². The summed E-state index contributed by atoms with van der Waals surface area (Å²) in [4.78, 5) is 12.0. The van der Waals surface area contributed by atoms with Gasteiger partial charge in [0.15, 0.2) is 0 Å². The number of allylic oxidation sites excluding steroid dienone is 3. The number of aromatic nitrogens is 1. The number of pyridine rings is 1. The summed E-state index contributed by atoms with van der Waals surface area (Å²) in [5.74, 6) is 0. The fourth-order valence-electron chi connectivity index (χ4n) is 1.47. The van der Waals surface area contributed by atoms with Gasteiger partial charge in [-0.1, -0.05) is 19.9 Å². The van der Waals surface area contributed by atoms with Crippen LogP contribution in [0.4, 0.5) is 5.69 Å². The summed E-state index contributed by atoms with van der Waals surface area (Å²) in [5, 5.41) is 12.9. The van der Waals surface area contributed by atoms with Gasteiger partial charge in [-0.15, -0.1) is 0 Å². The van der Waals surface area contributed by atoms with Crippen molar-refractivity contribution >= 4 is 21.6 Å². The first-order valence-corrected chi connectivity index (χ1v) is 8.12. The van der Waals surface area contributed by atoms with Gasteiger partial charge in [0.25, 0.3) is 5.56 Å². The van der Waals surface area contributed by atoms with E-state index in [0.717, 1.165) is 15.7 Å². The molecule has 0 radical (unpaired) electrons. The van der Waals surface area contributed by atoms with Crippen molar-refractivity contribution in [2.24, 2.45) is 7.05 Å². The molecule has 1 heterocycles. The predicted molar refractivity (Wildman–Crippen MR) is 98.2 cm³/mol. The first-order chi connectivity index (χ1) is 10.1. The van der Waals surface area contributed by atoms with Gasteiger partial charge in [0.1, 0.15) is 5.69 Å². The second-order valence-corrected chi connectivity index (χ2v) is 6.29. The molecule has 0 bridgehead atoms. The lowest BCUT2D eigenvalue weighted by Gasteiger charge is -2.17. The third-order valence-corrected chi connectivity index (χ3v) is 3.46. The number of nitrogens with zero attached hydrogens (tertiary/aromatic N) is 1. The van der Waals surface area contributed by atoms with Crippen LogP contribution in [-0.4, -0.2) is 15.3 Å². The maximum Gasteiger partial charge on any atom is 0.274 e. The highest BCUT2D eigenvalue weighted by Crippen LogP contribution is 2.16. The molecule has 1 aromatic rings. The Morgan fingerprint density at radius 3 is 2.36 bits per heavy atom. The molecule has 0 aliphatic heterocycles. The Morgan fingerprint density at radius 2 is 1.86 bits per heavy atom. The minimum absolute atomic E-state index is 0.0934. The molecule has 0 atom stereocenters. The molecule has 0 spiro atoms. The Labute approximate surface area is 141 Å². The van der Waals surface area contributed by atoms with Crippen LogP contribution in [0.2, 0.25) is 0 Å². The molecule has 1 aromatic heterocycles. The second kappa shape index (κ2) is 8.96. The zero-order chi connectivity index (χ0) is 17.5. The summed E-state index contributed by atoms with van der Waals surface area (Å²) in [7, 11) is 1.70.